The summed E-state index contributed by atoms with van der Waals surface area (Å²) in [6, 6.07) is 13.8. The second-order valence-electron chi connectivity index (χ2n) is 6.05. The van der Waals surface area contributed by atoms with E-state index in [2.05, 4.69) is 15.6 Å². The molecule has 0 bridgehead atoms. The molecule has 140 valence electrons. The van der Waals surface area contributed by atoms with Crippen molar-refractivity contribution in [3.63, 3.8) is 0 Å². The first kappa shape index (κ1) is 20.7. The SMILES string of the molecule is CCNC(=NCc1cc2ccccc2o1)NCC(C)(O)c1cccs1.I. The molecule has 3 rings (SSSR count). The number of benzene rings is 1. The maximum absolute atomic E-state index is 10.6. The highest BCUT2D eigenvalue weighted by Gasteiger charge is 2.24. The molecule has 7 heteroatoms. The number of rotatable bonds is 6. The third kappa shape index (κ3) is 5.21. The Balaban J connectivity index is 0.00000243. The molecule has 1 unspecified atom stereocenters. The predicted octanol–water partition coefficient (Wildman–Crippen LogP) is 4.08. The predicted molar refractivity (Wildman–Crippen MR) is 118 cm³/mol. The van der Waals surface area contributed by atoms with Gasteiger partial charge in [0.1, 0.15) is 23.5 Å². The molecule has 5 nitrogen and oxygen atoms in total. The molecule has 1 atom stereocenters. The summed E-state index contributed by atoms with van der Waals surface area (Å²) >= 11 is 1.54. The maximum Gasteiger partial charge on any atom is 0.191 e. The maximum atomic E-state index is 10.6. The summed E-state index contributed by atoms with van der Waals surface area (Å²) in [5.74, 6) is 1.46. The van der Waals surface area contributed by atoms with E-state index < -0.39 is 5.60 Å². The zero-order valence-electron chi connectivity index (χ0n) is 14.9. The van der Waals surface area contributed by atoms with Crippen LogP contribution < -0.4 is 10.6 Å². The van der Waals surface area contributed by atoms with E-state index in [4.69, 9.17) is 4.42 Å². The molecule has 0 aliphatic rings. The van der Waals surface area contributed by atoms with Gasteiger partial charge in [-0.15, -0.1) is 35.3 Å². The number of fused-ring (bicyclic) bond motifs is 1. The van der Waals surface area contributed by atoms with Crippen LogP contribution in [-0.4, -0.2) is 24.2 Å². The molecule has 0 saturated heterocycles. The average molecular weight is 485 g/mol. The normalized spacial score (nSPS) is 13.9. The van der Waals surface area contributed by atoms with Gasteiger partial charge in [-0.25, -0.2) is 4.99 Å². The van der Waals surface area contributed by atoms with Crippen molar-refractivity contribution < 1.29 is 9.52 Å². The smallest absolute Gasteiger partial charge is 0.191 e. The number of hydrogen-bond donors (Lipinski definition) is 3. The number of para-hydroxylation sites is 1. The summed E-state index contributed by atoms with van der Waals surface area (Å²) in [4.78, 5) is 5.48. The lowest BCUT2D eigenvalue weighted by atomic mass is 10.1. The Morgan fingerprint density at radius 1 is 1.23 bits per heavy atom. The molecule has 0 aliphatic carbocycles. The van der Waals surface area contributed by atoms with Crippen molar-refractivity contribution in [3.05, 3.63) is 58.5 Å². The fourth-order valence-corrected chi connectivity index (χ4v) is 3.33. The van der Waals surface area contributed by atoms with Gasteiger partial charge in [0.25, 0.3) is 0 Å². The van der Waals surface area contributed by atoms with Crippen LogP contribution >= 0.6 is 35.3 Å². The molecular weight excluding hydrogens is 461 g/mol. The fourth-order valence-electron chi connectivity index (χ4n) is 2.54. The second-order valence-corrected chi connectivity index (χ2v) is 7.00. The monoisotopic (exact) mass is 485 g/mol. The summed E-state index contributed by atoms with van der Waals surface area (Å²) in [5, 5.41) is 20.1. The van der Waals surface area contributed by atoms with E-state index in [0.717, 1.165) is 28.2 Å². The van der Waals surface area contributed by atoms with Crippen LogP contribution in [0.1, 0.15) is 24.5 Å². The van der Waals surface area contributed by atoms with Gasteiger partial charge in [-0.1, -0.05) is 24.3 Å². The van der Waals surface area contributed by atoms with Gasteiger partial charge >= 0.3 is 0 Å². The van der Waals surface area contributed by atoms with Crippen LogP contribution in [-0.2, 0) is 12.1 Å². The van der Waals surface area contributed by atoms with Crippen molar-refractivity contribution in [2.75, 3.05) is 13.1 Å². The Morgan fingerprint density at radius 3 is 2.73 bits per heavy atom. The van der Waals surface area contributed by atoms with Crippen molar-refractivity contribution >= 4 is 52.2 Å². The van der Waals surface area contributed by atoms with Gasteiger partial charge in [0.15, 0.2) is 5.96 Å². The van der Waals surface area contributed by atoms with Gasteiger partial charge in [-0.05, 0) is 37.4 Å². The number of nitrogens with zero attached hydrogens (tertiary/aromatic N) is 1. The first-order chi connectivity index (χ1) is 12.1. The highest BCUT2D eigenvalue weighted by atomic mass is 127. The minimum absolute atomic E-state index is 0. The molecule has 2 heterocycles. The van der Waals surface area contributed by atoms with Gasteiger partial charge in [0, 0.05) is 16.8 Å². The Hall–Kier alpha value is -1.58. The molecule has 3 N–H and O–H groups in total. The van der Waals surface area contributed by atoms with Crippen LogP contribution in [0.2, 0.25) is 0 Å². The molecule has 0 fully saturated rings. The lowest BCUT2D eigenvalue weighted by Crippen LogP contribution is -2.44. The van der Waals surface area contributed by atoms with Crippen LogP contribution in [0, 0.1) is 0 Å². The van der Waals surface area contributed by atoms with E-state index in [1.165, 1.54) is 0 Å². The molecule has 0 spiro atoms. The summed E-state index contributed by atoms with van der Waals surface area (Å²) in [5.41, 5.74) is -0.0738. The number of furan rings is 1. The third-order valence-corrected chi connectivity index (χ3v) is 4.99. The van der Waals surface area contributed by atoms with Gasteiger partial charge in [-0.2, -0.15) is 0 Å². The Labute approximate surface area is 174 Å². The number of aliphatic imine (C=N–C) groups is 1. The summed E-state index contributed by atoms with van der Waals surface area (Å²) in [6.07, 6.45) is 0. The van der Waals surface area contributed by atoms with E-state index >= 15 is 0 Å². The topological polar surface area (TPSA) is 69.8 Å². The summed E-state index contributed by atoms with van der Waals surface area (Å²) in [7, 11) is 0. The van der Waals surface area contributed by atoms with E-state index in [1.807, 2.05) is 54.8 Å². The quantitative estimate of drug-likeness (QED) is 0.280. The van der Waals surface area contributed by atoms with Gasteiger partial charge < -0.3 is 20.2 Å². The number of thiophene rings is 1. The molecule has 3 aromatic rings. The number of hydrogen-bond acceptors (Lipinski definition) is 4. The molecule has 0 radical (unpaired) electrons. The lowest BCUT2D eigenvalue weighted by molar-refractivity contribution is 0.0655. The molecule has 26 heavy (non-hydrogen) atoms. The Bertz CT molecular complexity index is 810. The first-order valence-corrected chi connectivity index (χ1v) is 9.22. The summed E-state index contributed by atoms with van der Waals surface area (Å²) in [6.45, 7) is 5.36. The highest BCUT2D eigenvalue weighted by molar-refractivity contribution is 14.0. The lowest BCUT2D eigenvalue weighted by Gasteiger charge is -2.23. The Kier molecular flexibility index (Phi) is 7.48. The minimum atomic E-state index is -0.941. The van der Waals surface area contributed by atoms with E-state index in [1.54, 1.807) is 18.3 Å². The van der Waals surface area contributed by atoms with Crippen molar-refractivity contribution in [1.82, 2.24) is 10.6 Å². The van der Waals surface area contributed by atoms with Crippen LogP contribution in [0.5, 0.6) is 0 Å². The van der Waals surface area contributed by atoms with Gasteiger partial charge in [0.05, 0.1) is 6.54 Å². The van der Waals surface area contributed by atoms with Crippen LogP contribution in [0.3, 0.4) is 0 Å². The largest absolute Gasteiger partial charge is 0.459 e. The number of nitrogens with one attached hydrogen (secondary N) is 2. The highest BCUT2D eigenvalue weighted by Crippen LogP contribution is 2.24. The molecular formula is C19H24IN3O2S. The molecule has 1 aromatic carbocycles. The van der Waals surface area contributed by atoms with E-state index in [-0.39, 0.29) is 24.0 Å². The van der Waals surface area contributed by atoms with Gasteiger partial charge in [0.2, 0.25) is 0 Å². The van der Waals surface area contributed by atoms with Crippen LogP contribution in [0.4, 0.5) is 0 Å². The van der Waals surface area contributed by atoms with Crippen molar-refractivity contribution in [3.8, 4) is 0 Å². The van der Waals surface area contributed by atoms with E-state index in [0.29, 0.717) is 19.0 Å². The number of halogens is 1. The van der Waals surface area contributed by atoms with Gasteiger partial charge in [-0.3, -0.25) is 0 Å². The minimum Gasteiger partial charge on any atom is -0.459 e. The second kappa shape index (κ2) is 9.38. The standard InChI is InChI=1S/C19H23N3O2S.HI/c1-3-20-18(22-13-19(2,23)17-9-6-10-25-17)21-12-15-11-14-7-4-5-8-16(14)24-15;/h4-11,23H,3,12-13H2,1-2H3,(H2,20,21,22);1H. The van der Waals surface area contributed by atoms with Crippen molar-refractivity contribution in [2.24, 2.45) is 4.99 Å². The molecule has 0 aliphatic heterocycles. The average Bonchev–Trinajstić information content (AvgIpc) is 3.26. The zero-order chi connectivity index (χ0) is 17.7. The molecule has 0 amide bonds. The number of guanidine groups is 1. The van der Waals surface area contributed by atoms with Crippen LogP contribution in [0.25, 0.3) is 11.0 Å². The molecule has 0 saturated carbocycles. The van der Waals surface area contributed by atoms with E-state index in [9.17, 15) is 5.11 Å². The van der Waals surface area contributed by atoms with Crippen molar-refractivity contribution in [2.45, 2.75) is 26.0 Å². The fraction of sp³-hybridized carbons (Fsp3) is 0.316. The van der Waals surface area contributed by atoms with Crippen molar-refractivity contribution in [1.29, 1.82) is 0 Å². The molecule has 2 aromatic heterocycles. The van der Waals surface area contributed by atoms with Crippen LogP contribution in [0.15, 0.2) is 57.3 Å². The third-order valence-electron chi connectivity index (χ3n) is 3.87. The number of aliphatic hydroxyl groups is 1. The first-order valence-electron chi connectivity index (χ1n) is 8.34. The zero-order valence-corrected chi connectivity index (χ0v) is 18.0. The Morgan fingerprint density at radius 2 is 2.04 bits per heavy atom. The summed E-state index contributed by atoms with van der Waals surface area (Å²) < 4.78 is 5.79.